The van der Waals surface area contributed by atoms with Crippen LogP contribution in [0.4, 0.5) is 0 Å². The van der Waals surface area contributed by atoms with Crippen molar-refractivity contribution in [2.45, 2.75) is 6.92 Å². The van der Waals surface area contributed by atoms with Gasteiger partial charge in [0.2, 0.25) is 6.20 Å². The van der Waals surface area contributed by atoms with E-state index in [0.29, 0.717) is 5.69 Å². The van der Waals surface area contributed by atoms with Gasteiger partial charge in [-0.2, -0.15) is 0 Å². The predicted molar refractivity (Wildman–Crippen MR) is 45.0 cm³/mol. The average Bonchev–Trinajstić information content (AvgIpc) is 2.01. The van der Waals surface area contributed by atoms with E-state index >= 15 is 0 Å². The van der Waals surface area contributed by atoms with Crippen molar-refractivity contribution >= 4 is 6.08 Å². The number of pyridine rings is 1. The van der Waals surface area contributed by atoms with Gasteiger partial charge in [0.25, 0.3) is 0 Å². The fraction of sp³-hybridized carbons (Fsp3) is 0.125. The number of rotatable bonds is 2. The number of hydrogen-bond donors (Lipinski definition) is 0. The van der Waals surface area contributed by atoms with Gasteiger partial charge in [-0.25, -0.2) is 0 Å². The van der Waals surface area contributed by atoms with Crippen molar-refractivity contribution in [3.05, 3.63) is 45.9 Å². The van der Waals surface area contributed by atoms with Crippen molar-refractivity contribution in [1.29, 1.82) is 0 Å². The molecule has 0 N–H and O–H groups in total. The van der Waals surface area contributed by atoms with Crippen LogP contribution in [-0.2, 0) is 0 Å². The Morgan fingerprint density at radius 1 is 1.67 bits per heavy atom. The molecular weight excluding hydrogens is 156 g/mol. The molecule has 0 unspecified atom stereocenters. The van der Waals surface area contributed by atoms with Crippen LogP contribution in [-0.4, -0.2) is 9.91 Å². The van der Waals surface area contributed by atoms with Gasteiger partial charge >= 0.3 is 0 Å². The first-order valence-electron chi connectivity index (χ1n) is 3.43. The third kappa shape index (κ3) is 2.49. The average molecular weight is 164 g/mol. The Kier molecular flexibility index (Phi) is 2.53. The molecule has 0 aliphatic rings. The van der Waals surface area contributed by atoms with Crippen LogP contribution in [0.1, 0.15) is 11.3 Å². The SMILES string of the molecule is Cc1ccnc(/C=C/[N+](=O)[O-])c1. The topological polar surface area (TPSA) is 56.0 Å². The molecule has 0 aliphatic heterocycles. The molecule has 62 valence electrons. The molecular formula is C8H8N2O2. The Morgan fingerprint density at radius 2 is 2.42 bits per heavy atom. The Bertz CT molecular complexity index is 321. The van der Waals surface area contributed by atoms with E-state index in [1.807, 2.05) is 13.0 Å². The summed E-state index contributed by atoms with van der Waals surface area (Å²) in [6.07, 6.45) is 3.86. The van der Waals surface area contributed by atoms with E-state index in [1.54, 1.807) is 12.3 Å². The van der Waals surface area contributed by atoms with E-state index in [0.717, 1.165) is 11.8 Å². The van der Waals surface area contributed by atoms with Gasteiger partial charge in [0.15, 0.2) is 0 Å². The molecule has 1 rings (SSSR count). The van der Waals surface area contributed by atoms with Crippen molar-refractivity contribution in [2.24, 2.45) is 0 Å². The first-order chi connectivity index (χ1) is 5.68. The summed E-state index contributed by atoms with van der Waals surface area (Å²) in [7, 11) is 0. The van der Waals surface area contributed by atoms with Gasteiger partial charge in [0.05, 0.1) is 10.6 Å². The zero-order valence-electron chi connectivity index (χ0n) is 6.60. The summed E-state index contributed by atoms with van der Waals surface area (Å²) >= 11 is 0. The molecule has 0 atom stereocenters. The first kappa shape index (κ1) is 8.39. The maximum Gasteiger partial charge on any atom is 0.236 e. The van der Waals surface area contributed by atoms with Gasteiger partial charge in [0.1, 0.15) is 0 Å². The second kappa shape index (κ2) is 3.61. The normalized spacial score (nSPS) is 10.4. The summed E-state index contributed by atoms with van der Waals surface area (Å²) in [4.78, 5) is 13.4. The van der Waals surface area contributed by atoms with E-state index in [4.69, 9.17) is 0 Å². The van der Waals surface area contributed by atoms with E-state index in [2.05, 4.69) is 4.98 Å². The highest BCUT2D eigenvalue weighted by molar-refractivity contribution is 5.43. The summed E-state index contributed by atoms with van der Waals surface area (Å²) in [5, 5.41) is 9.95. The Hall–Kier alpha value is -1.71. The van der Waals surface area contributed by atoms with Gasteiger partial charge in [0, 0.05) is 12.3 Å². The summed E-state index contributed by atoms with van der Waals surface area (Å²) < 4.78 is 0. The molecule has 0 fully saturated rings. The zero-order chi connectivity index (χ0) is 8.97. The number of nitrogens with zero attached hydrogens (tertiary/aromatic N) is 2. The number of nitro groups is 1. The zero-order valence-corrected chi connectivity index (χ0v) is 6.60. The lowest BCUT2D eigenvalue weighted by Crippen LogP contribution is -1.85. The molecule has 0 saturated carbocycles. The maximum atomic E-state index is 9.95. The lowest BCUT2D eigenvalue weighted by atomic mass is 10.2. The third-order valence-corrected chi connectivity index (χ3v) is 1.30. The lowest BCUT2D eigenvalue weighted by Gasteiger charge is -1.91. The van der Waals surface area contributed by atoms with Crippen molar-refractivity contribution in [2.75, 3.05) is 0 Å². The monoisotopic (exact) mass is 164 g/mol. The molecule has 4 heteroatoms. The molecule has 1 aromatic heterocycles. The summed E-state index contributed by atoms with van der Waals surface area (Å²) in [6, 6.07) is 3.61. The molecule has 4 nitrogen and oxygen atoms in total. The Balaban J connectivity index is 2.83. The van der Waals surface area contributed by atoms with E-state index < -0.39 is 4.92 Å². The minimum Gasteiger partial charge on any atom is -0.259 e. The number of hydrogen-bond acceptors (Lipinski definition) is 3. The fourth-order valence-corrected chi connectivity index (χ4v) is 0.788. The van der Waals surface area contributed by atoms with E-state index in [1.165, 1.54) is 6.08 Å². The fourth-order valence-electron chi connectivity index (χ4n) is 0.788. The van der Waals surface area contributed by atoms with Gasteiger partial charge in [-0.15, -0.1) is 0 Å². The van der Waals surface area contributed by atoms with Crippen LogP contribution in [0, 0.1) is 17.0 Å². The molecule has 0 aromatic carbocycles. The largest absolute Gasteiger partial charge is 0.259 e. The molecule has 0 bridgehead atoms. The molecule has 0 radical (unpaired) electrons. The standard InChI is InChI=1S/C8H8N2O2/c1-7-2-4-9-8(6-7)3-5-10(11)12/h2-6H,1H3/b5-3+. The molecule has 0 saturated heterocycles. The van der Waals surface area contributed by atoms with Crippen LogP contribution in [0.15, 0.2) is 24.5 Å². The van der Waals surface area contributed by atoms with Gasteiger partial charge in [-0.1, -0.05) is 0 Å². The molecule has 12 heavy (non-hydrogen) atoms. The minimum atomic E-state index is -0.510. The number of aromatic nitrogens is 1. The second-order valence-corrected chi connectivity index (χ2v) is 2.36. The van der Waals surface area contributed by atoms with Gasteiger partial charge < -0.3 is 0 Å². The van der Waals surface area contributed by atoms with Crippen molar-refractivity contribution in [1.82, 2.24) is 4.98 Å². The predicted octanol–water partition coefficient (Wildman–Crippen LogP) is 1.64. The Morgan fingerprint density at radius 3 is 3.00 bits per heavy atom. The van der Waals surface area contributed by atoms with Crippen LogP contribution in [0.3, 0.4) is 0 Å². The molecule has 0 amide bonds. The smallest absolute Gasteiger partial charge is 0.236 e. The molecule has 1 heterocycles. The summed E-state index contributed by atoms with van der Waals surface area (Å²) in [5.74, 6) is 0. The summed E-state index contributed by atoms with van der Waals surface area (Å²) in [5.41, 5.74) is 1.64. The Labute approximate surface area is 69.7 Å². The lowest BCUT2D eigenvalue weighted by molar-refractivity contribution is -0.401. The maximum absolute atomic E-state index is 9.95. The van der Waals surface area contributed by atoms with E-state index in [9.17, 15) is 10.1 Å². The quantitative estimate of drug-likeness (QED) is 0.493. The van der Waals surface area contributed by atoms with Gasteiger partial charge in [-0.3, -0.25) is 15.1 Å². The molecule has 0 spiro atoms. The van der Waals surface area contributed by atoms with Crippen molar-refractivity contribution in [3.63, 3.8) is 0 Å². The highest BCUT2D eigenvalue weighted by Gasteiger charge is 1.91. The van der Waals surface area contributed by atoms with Crippen LogP contribution in [0.25, 0.3) is 6.08 Å². The van der Waals surface area contributed by atoms with E-state index in [-0.39, 0.29) is 0 Å². The highest BCUT2D eigenvalue weighted by Crippen LogP contribution is 2.01. The van der Waals surface area contributed by atoms with Crippen molar-refractivity contribution in [3.8, 4) is 0 Å². The third-order valence-electron chi connectivity index (χ3n) is 1.30. The summed E-state index contributed by atoms with van der Waals surface area (Å²) in [6.45, 7) is 1.91. The molecule has 1 aromatic rings. The minimum absolute atomic E-state index is 0.510. The van der Waals surface area contributed by atoms with Crippen molar-refractivity contribution < 1.29 is 4.92 Å². The van der Waals surface area contributed by atoms with Crippen LogP contribution < -0.4 is 0 Å². The van der Waals surface area contributed by atoms with Crippen LogP contribution >= 0.6 is 0 Å². The van der Waals surface area contributed by atoms with Gasteiger partial charge in [-0.05, 0) is 24.6 Å². The second-order valence-electron chi connectivity index (χ2n) is 2.36. The van der Waals surface area contributed by atoms with Crippen LogP contribution in [0.5, 0.6) is 0 Å². The highest BCUT2D eigenvalue weighted by atomic mass is 16.6. The molecule has 0 aliphatic carbocycles. The first-order valence-corrected chi connectivity index (χ1v) is 3.43. The van der Waals surface area contributed by atoms with Crippen LogP contribution in [0.2, 0.25) is 0 Å². The number of aryl methyl sites for hydroxylation is 1.